The lowest BCUT2D eigenvalue weighted by molar-refractivity contribution is -0.115. The number of para-hydroxylation sites is 1. The molecule has 3 aromatic heterocycles. The molecule has 0 saturated heterocycles. The fourth-order valence-corrected chi connectivity index (χ4v) is 4.07. The van der Waals surface area contributed by atoms with Crippen molar-refractivity contribution >= 4 is 34.4 Å². The number of thioether (sulfide) groups is 1. The van der Waals surface area contributed by atoms with E-state index in [2.05, 4.69) is 20.4 Å². The first-order chi connectivity index (χ1) is 14.4. The Morgan fingerprint density at radius 2 is 1.90 bits per heavy atom. The molecule has 154 valence electrons. The summed E-state index contributed by atoms with van der Waals surface area (Å²) < 4.78 is 4.92. The lowest BCUT2D eigenvalue weighted by Crippen LogP contribution is -2.27. The number of hydrogen-bond donors (Lipinski definition) is 1. The average Bonchev–Trinajstić information content (AvgIpc) is 3.22. The molecule has 1 aromatic carbocycles. The van der Waals surface area contributed by atoms with Gasteiger partial charge in [-0.15, -0.1) is 0 Å². The number of anilines is 1. The van der Waals surface area contributed by atoms with Crippen LogP contribution in [-0.2, 0) is 18.9 Å². The van der Waals surface area contributed by atoms with Crippen LogP contribution < -0.4 is 10.9 Å². The van der Waals surface area contributed by atoms with E-state index in [1.165, 1.54) is 22.8 Å². The molecule has 0 aliphatic heterocycles. The zero-order chi connectivity index (χ0) is 21.4. The van der Waals surface area contributed by atoms with E-state index < -0.39 is 5.25 Å². The van der Waals surface area contributed by atoms with E-state index in [1.807, 2.05) is 30.3 Å². The van der Waals surface area contributed by atoms with Gasteiger partial charge in [-0.05, 0) is 26.0 Å². The molecule has 4 rings (SSSR count). The number of hydrogen-bond acceptors (Lipinski definition) is 6. The van der Waals surface area contributed by atoms with Crippen molar-refractivity contribution in [3.63, 3.8) is 0 Å². The molecule has 1 atom stereocenters. The van der Waals surface area contributed by atoms with Crippen molar-refractivity contribution in [2.75, 3.05) is 5.32 Å². The first-order valence-corrected chi connectivity index (χ1v) is 10.2. The number of aryl methyl sites for hydroxylation is 1. The van der Waals surface area contributed by atoms with E-state index in [1.54, 1.807) is 43.5 Å². The number of aromatic nitrogens is 6. The van der Waals surface area contributed by atoms with Gasteiger partial charge in [-0.3, -0.25) is 19.0 Å². The van der Waals surface area contributed by atoms with Crippen molar-refractivity contribution in [2.45, 2.75) is 24.1 Å². The molecule has 3 heterocycles. The van der Waals surface area contributed by atoms with Gasteiger partial charge in [0.05, 0.1) is 28.2 Å². The highest BCUT2D eigenvalue weighted by Crippen LogP contribution is 2.28. The number of carbonyl (C=O) groups is 1. The highest BCUT2D eigenvalue weighted by atomic mass is 32.2. The van der Waals surface area contributed by atoms with Gasteiger partial charge in [0.25, 0.3) is 5.56 Å². The molecule has 1 amide bonds. The molecule has 0 spiro atoms. The molecule has 4 aromatic rings. The van der Waals surface area contributed by atoms with Gasteiger partial charge in [-0.25, -0.2) is 14.6 Å². The van der Waals surface area contributed by atoms with Crippen LogP contribution in [0.25, 0.3) is 16.7 Å². The largest absolute Gasteiger partial charge is 0.319 e. The van der Waals surface area contributed by atoms with Crippen LogP contribution in [-0.4, -0.2) is 40.3 Å². The molecule has 9 nitrogen and oxygen atoms in total. The Bertz CT molecular complexity index is 1290. The zero-order valence-corrected chi connectivity index (χ0v) is 17.8. The number of amides is 1. The molecule has 10 heteroatoms. The van der Waals surface area contributed by atoms with E-state index in [0.29, 0.717) is 16.4 Å². The SMILES string of the molecule is Cc1c(NC(=O)[C@@H](C)Sc2ncnc3c2cnn3C)c(=O)n(-c2ccccc2)n1C. The van der Waals surface area contributed by atoms with Crippen molar-refractivity contribution in [3.05, 3.63) is 58.9 Å². The summed E-state index contributed by atoms with van der Waals surface area (Å²) in [6, 6.07) is 9.31. The maximum atomic E-state index is 13.0. The Kier molecular flexibility index (Phi) is 5.17. The standard InChI is InChI=1S/C20H21N7O2S/c1-12-16(20(29)27(26(12)4)14-8-6-5-7-9-14)24-18(28)13(2)30-19-15-10-23-25(3)17(15)21-11-22-19/h5-11,13H,1-4H3,(H,24,28)/t13-/m1/s1. The molecule has 0 aliphatic rings. The van der Waals surface area contributed by atoms with E-state index in [-0.39, 0.29) is 17.2 Å². The first kappa shape index (κ1) is 19.9. The topological polar surface area (TPSA) is 99.6 Å². The van der Waals surface area contributed by atoms with Crippen molar-refractivity contribution in [2.24, 2.45) is 14.1 Å². The van der Waals surface area contributed by atoms with Crippen molar-refractivity contribution in [3.8, 4) is 5.69 Å². The third-order valence-corrected chi connectivity index (χ3v) is 6.07. The van der Waals surface area contributed by atoms with Gasteiger partial charge in [-0.1, -0.05) is 30.0 Å². The predicted molar refractivity (Wildman–Crippen MR) is 116 cm³/mol. The number of carbonyl (C=O) groups excluding carboxylic acids is 1. The minimum Gasteiger partial charge on any atom is -0.319 e. The van der Waals surface area contributed by atoms with Gasteiger partial charge < -0.3 is 5.32 Å². The molecule has 1 N–H and O–H groups in total. The van der Waals surface area contributed by atoms with Gasteiger partial charge in [0.2, 0.25) is 5.91 Å². The van der Waals surface area contributed by atoms with E-state index in [9.17, 15) is 9.59 Å². The molecule has 0 unspecified atom stereocenters. The highest BCUT2D eigenvalue weighted by molar-refractivity contribution is 8.00. The first-order valence-electron chi connectivity index (χ1n) is 9.32. The fraction of sp³-hybridized carbons (Fsp3) is 0.250. The van der Waals surface area contributed by atoms with Crippen LogP contribution in [0.2, 0.25) is 0 Å². The van der Waals surface area contributed by atoms with Crippen LogP contribution in [0.5, 0.6) is 0 Å². The molecular weight excluding hydrogens is 402 g/mol. The second-order valence-corrected chi connectivity index (χ2v) is 8.20. The quantitative estimate of drug-likeness (QED) is 0.391. The van der Waals surface area contributed by atoms with Crippen LogP contribution in [0.1, 0.15) is 12.6 Å². The second kappa shape index (κ2) is 7.79. The van der Waals surface area contributed by atoms with Gasteiger partial charge in [0.15, 0.2) is 5.65 Å². The molecule has 0 aliphatic carbocycles. The maximum absolute atomic E-state index is 13.0. The van der Waals surface area contributed by atoms with Crippen molar-refractivity contribution < 1.29 is 4.79 Å². The maximum Gasteiger partial charge on any atom is 0.295 e. The third kappa shape index (κ3) is 3.39. The summed E-state index contributed by atoms with van der Waals surface area (Å²) in [6.45, 7) is 3.58. The smallest absolute Gasteiger partial charge is 0.295 e. The number of fused-ring (bicyclic) bond motifs is 1. The highest BCUT2D eigenvalue weighted by Gasteiger charge is 2.23. The van der Waals surface area contributed by atoms with Crippen LogP contribution in [0.15, 0.2) is 52.7 Å². The monoisotopic (exact) mass is 423 g/mol. The Balaban J connectivity index is 1.59. The van der Waals surface area contributed by atoms with Gasteiger partial charge in [0.1, 0.15) is 17.0 Å². The summed E-state index contributed by atoms with van der Waals surface area (Å²) >= 11 is 1.30. The van der Waals surface area contributed by atoms with E-state index >= 15 is 0 Å². The Morgan fingerprint density at radius 3 is 2.63 bits per heavy atom. The lowest BCUT2D eigenvalue weighted by Gasteiger charge is -2.11. The molecule has 30 heavy (non-hydrogen) atoms. The molecule has 0 radical (unpaired) electrons. The summed E-state index contributed by atoms with van der Waals surface area (Å²) in [6.07, 6.45) is 3.14. The normalized spacial score (nSPS) is 12.3. The fourth-order valence-electron chi connectivity index (χ4n) is 3.19. The number of benzene rings is 1. The summed E-state index contributed by atoms with van der Waals surface area (Å²) in [4.78, 5) is 34.4. The van der Waals surface area contributed by atoms with Crippen molar-refractivity contribution in [1.82, 2.24) is 29.1 Å². The third-order valence-electron chi connectivity index (χ3n) is 4.95. The van der Waals surface area contributed by atoms with Crippen LogP contribution in [0, 0.1) is 6.92 Å². The number of nitrogens with one attached hydrogen (secondary N) is 1. The van der Waals surface area contributed by atoms with Gasteiger partial charge >= 0.3 is 0 Å². The predicted octanol–water partition coefficient (Wildman–Crippen LogP) is 2.28. The summed E-state index contributed by atoms with van der Waals surface area (Å²) in [5.74, 6) is -0.276. The Morgan fingerprint density at radius 1 is 1.17 bits per heavy atom. The van der Waals surface area contributed by atoms with E-state index in [0.717, 1.165) is 11.1 Å². The van der Waals surface area contributed by atoms with Crippen LogP contribution >= 0.6 is 11.8 Å². The minimum absolute atomic E-state index is 0.271. The molecule has 0 bridgehead atoms. The lowest BCUT2D eigenvalue weighted by atomic mass is 10.3. The summed E-state index contributed by atoms with van der Waals surface area (Å²) in [5, 5.41) is 7.97. The number of nitrogens with zero attached hydrogens (tertiary/aromatic N) is 6. The molecule has 0 fully saturated rings. The summed E-state index contributed by atoms with van der Waals surface area (Å²) in [5.41, 5.74) is 2.10. The van der Waals surface area contributed by atoms with Crippen LogP contribution in [0.4, 0.5) is 5.69 Å². The Labute approximate surface area is 176 Å². The summed E-state index contributed by atoms with van der Waals surface area (Å²) in [7, 11) is 3.59. The number of rotatable bonds is 5. The minimum atomic E-state index is -0.479. The van der Waals surface area contributed by atoms with Crippen LogP contribution in [0.3, 0.4) is 0 Å². The Hall–Kier alpha value is -3.40. The van der Waals surface area contributed by atoms with Gasteiger partial charge in [0, 0.05) is 14.1 Å². The van der Waals surface area contributed by atoms with E-state index in [4.69, 9.17) is 0 Å². The molecule has 0 saturated carbocycles. The zero-order valence-electron chi connectivity index (χ0n) is 17.0. The average molecular weight is 424 g/mol. The van der Waals surface area contributed by atoms with Gasteiger partial charge in [-0.2, -0.15) is 5.10 Å². The second-order valence-electron chi connectivity index (χ2n) is 6.87. The molecular formula is C20H21N7O2S. The van der Waals surface area contributed by atoms with Crippen molar-refractivity contribution in [1.29, 1.82) is 0 Å².